The first-order valence-electron chi connectivity index (χ1n) is 8.05. The number of esters is 2. The number of ether oxygens (including phenoxy) is 3. The van der Waals surface area contributed by atoms with Gasteiger partial charge in [-0.2, -0.15) is 5.10 Å². The molecule has 1 aromatic carbocycles. The molecule has 0 bridgehead atoms. The summed E-state index contributed by atoms with van der Waals surface area (Å²) in [5.41, 5.74) is 1.91. The van der Waals surface area contributed by atoms with E-state index in [2.05, 4.69) is 21.0 Å². The largest absolute Gasteiger partial charge is 0.466 e. The van der Waals surface area contributed by atoms with E-state index in [-0.39, 0.29) is 24.6 Å². The first kappa shape index (κ1) is 19.1. The van der Waals surface area contributed by atoms with Crippen molar-refractivity contribution in [2.75, 3.05) is 32.5 Å². The van der Waals surface area contributed by atoms with Crippen LogP contribution in [0.15, 0.2) is 52.4 Å². The van der Waals surface area contributed by atoms with Crippen LogP contribution in [0.25, 0.3) is 0 Å². The summed E-state index contributed by atoms with van der Waals surface area (Å²) in [6, 6.07) is 7.55. The highest BCUT2D eigenvalue weighted by Gasteiger charge is 2.32. The van der Waals surface area contributed by atoms with Crippen LogP contribution >= 0.6 is 15.9 Å². The van der Waals surface area contributed by atoms with E-state index >= 15 is 0 Å². The molecule has 0 aliphatic carbocycles. The summed E-state index contributed by atoms with van der Waals surface area (Å²) in [6.07, 6.45) is 3.58. The van der Waals surface area contributed by atoms with E-state index < -0.39 is 11.9 Å². The number of halogens is 1. The number of carbonyl (C=O) groups is 2. The maximum absolute atomic E-state index is 12.4. The van der Waals surface area contributed by atoms with E-state index in [1.807, 2.05) is 30.5 Å². The quantitative estimate of drug-likeness (QED) is 0.664. The summed E-state index contributed by atoms with van der Waals surface area (Å²) < 4.78 is 17.8. The molecule has 0 radical (unpaired) electrons. The molecule has 27 heavy (non-hydrogen) atoms. The van der Waals surface area contributed by atoms with Crippen LogP contribution in [0.2, 0.25) is 0 Å². The van der Waals surface area contributed by atoms with Gasteiger partial charge in [-0.3, -0.25) is 4.68 Å². The highest BCUT2D eigenvalue weighted by atomic mass is 79.9. The van der Waals surface area contributed by atoms with Crippen LogP contribution in [-0.4, -0.2) is 49.3 Å². The number of carbonyl (C=O) groups excluding carboxylic acids is 2. The van der Waals surface area contributed by atoms with Crippen LogP contribution in [0.5, 0.6) is 0 Å². The standard InChI is InChI=1S/C18H18BrN3O5/c1-25-17(23)15-10-27-11-22(16(15)18(24)26-2)14-5-3-4-12(6-14)8-21-9-13(19)7-20-21/h3-7,9H,8,10-11H2,1-2H3. The number of methoxy groups -OCH3 is 2. The lowest BCUT2D eigenvalue weighted by Crippen LogP contribution is -2.38. The van der Waals surface area contributed by atoms with Crippen molar-refractivity contribution in [1.82, 2.24) is 9.78 Å². The molecule has 9 heteroatoms. The Bertz CT molecular complexity index is 893. The molecule has 2 heterocycles. The van der Waals surface area contributed by atoms with Gasteiger partial charge in [-0.15, -0.1) is 0 Å². The number of rotatable bonds is 5. The maximum atomic E-state index is 12.4. The minimum atomic E-state index is -0.627. The van der Waals surface area contributed by atoms with E-state index in [4.69, 9.17) is 14.2 Å². The molecule has 0 saturated heterocycles. The molecular formula is C18H18BrN3O5. The third-order valence-corrected chi connectivity index (χ3v) is 4.41. The topological polar surface area (TPSA) is 82.9 Å². The van der Waals surface area contributed by atoms with Gasteiger partial charge in [0.2, 0.25) is 0 Å². The summed E-state index contributed by atoms with van der Waals surface area (Å²) in [5.74, 6) is -1.25. The molecule has 0 fully saturated rings. The van der Waals surface area contributed by atoms with Crippen molar-refractivity contribution in [3.8, 4) is 0 Å². The van der Waals surface area contributed by atoms with Crippen LogP contribution in [0, 0.1) is 0 Å². The van der Waals surface area contributed by atoms with Gasteiger partial charge < -0.3 is 19.1 Å². The Kier molecular flexibility index (Phi) is 5.92. The van der Waals surface area contributed by atoms with Crippen LogP contribution < -0.4 is 4.90 Å². The second-order valence-corrected chi connectivity index (χ2v) is 6.66. The lowest BCUT2D eigenvalue weighted by molar-refractivity contribution is -0.140. The molecule has 1 aliphatic heterocycles. The maximum Gasteiger partial charge on any atom is 0.355 e. The van der Waals surface area contributed by atoms with E-state index in [1.165, 1.54) is 14.2 Å². The summed E-state index contributed by atoms with van der Waals surface area (Å²) >= 11 is 3.37. The van der Waals surface area contributed by atoms with Crippen molar-refractivity contribution < 1.29 is 23.8 Å². The second-order valence-electron chi connectivity index (χ2n) is 5.74. The van der Waals surface area contributed by atoms with Crippen LogP contribution in [-0.2, 0) is 30.3 Å². The van der Waals surface area contributed by atoms with Crippen LogP contribution in [0.1, 0.15) is 5.56 Å². The summed E-state index contributed by atoms with van der Waals surface area (Å²) in [6.45, 7) is 0.644. The lowest BCUT2D eigenvalue weighted by Gasteiger charge is -2.31. The predicted molar refractivity (Wildman–Crippen MR) is 99.8 cm³/mol. The van der Waals surface area contributed by atoms with Gasteiger partial charge in [-0.25, -0.2) is 9.59 Å². The van der Waals surface area contributed by atoms with Crippen molar-refractivity contribution >= 4 is 33.6 Å². The highest BCUT2D eigenvalue weighted by Crippen LogP contribution is 2.27. The monoisotopic (exact) mass is 435 g/mol. The first-order valence-corrected chi connectivity index (χ1v) is 8.84. The molecule has 1 aliphatic rings. The highest BCUT2D eigenvalue weighted by molar-refractivity contribution is 9.10. The molecule has 0 atom stereocenters. The van der Waals surface area contributed by atoms with Gasteiger partial charge in [-0.05, 0) is 33.6 Å². The first-order chi connectivity index (χ1) is 13.0. The molecule has 142 valence electrons. The molecule has 0 N–H and O–H groups in total. The molecule has 0 unspecified atom stereocenters. The van der Waals surface area contributed by atoms with Crippen molar-refractivity contribution in [1.29, 1.82) is 0 Å². The van der Waals surface area contributed by atoms with Crippen molar-refractivity contribution in [3.63, 3.8) is 0 Å². The van der Waals surface area contributed by atoms with Crippen molar-refractivity contribution in [2.24, 2.45) is 0 Å². The van der Waals surface area contributed by atoms with Gasteiger partial charge in [-0.1, -0.05) is 12.1 Å². The van der Waals surface area contributed by atoms with E-state index in [9.17, 15) is 9.59 Å². The zero-order chi connectivity index (χ0) is 19.4. The Morgan fingerprint density at radius 1 is 1.26 bits per heavy atom. The zero-order valence-corrected chi connectivity index (χ0v) is 16.4. The third-order valence-electron chi connectivity index (χ3n) is 4.00. The normalized spacial score (nSPS) is 14.3. The van der Waals surface area contributed by atoms with Gasteiger partial charge in [0.05, 0.1) is 43.6 Å². The van der Waals surface area contributed by atoms with Crippen molar-refractivity contribution in [3.05, 3.63) is 58.0 Å². The number of anilines is 1. The van der Waals surface area contributed by atoms with Crippen LogP contribution in [0.3, 0.4) is 0 Å². The van der Waals surface area contributed by atoms with E-state index in [0.717, 1.165) is 10.0 Å². The Labute approximate surface area is 164 Å². The van der Waals surface area contributed by atoms with E-state index in [1.54, 1.807) is 15.8 Å². The molecule has 0 amide bonds. The Balaban J connectivity index is 1.97. The summed E-state index contributed by atoms with van der Waals surface area (Å²) in [4.78, 5) is 26.0. The number of aromatic nitrogens is 2. The minimum absolute atomic E-state index is 0.0192. The Morgan fingerprint density at radius 3 is 2.70 bits per heavy atom. The van der Waals surface area contributed by atoms with Gasteiger partial charge in [0, 0.05) is 11.9 Å². The molecule has 2 aromatic rings. The molecule has 0 saturated carbocycles. The average Bonchev–Trinajstić information content (AvgIpc) is 3.10. The lowest BCUT2D eigenvalue weighted by atomic mass is 10.1. The van der Waals surface area contributed by atoms with Crippen molar-refractivity contribution in [2.45, 2.75) is 6.54 Å². The predicted octanol–water partition coefficient (Wildman–Crippen LogP) is 2.09. The SMILES string of the molecule is COC(=O)C1=C(C(=O)OC)N(c2cccc(Cn3cc(Br)cn3)c2)COC1. The van der Waals surface area contributed by atoms with Gasteiger partial charge in [0.1, 0.15) is 12.4 Å². The fourth-order valence-electron chi connectivity index (χ4n) is 2.78. The fourth-order valence-corrected chi connectivity index (χ4v) is 3.11. The number of nitrogens with zero attached hydrogens (tertiary/aromatic N) is 3. The van der Waals surface area contributed by atoms with Gasteiger partial charge >= 0.3 is 11.9 Å². The minimum Gasteiger partial charge on any atom is -0.466 e. The van der Waals surface area contributed by atoms with Crippen LogP contribution in [0.4, 0.5) is 5.69 Å². The van der Waals surface area contributed by atoms with Gasteiger partial charge in [0.25, 0.3) is 0 Å². The summed E-state index contributed by atoms with van der Waals surface area (Å²) in [5, 5.41) is 4.24. The van der Waals surface area contributed by atoms with E-state index in [0.29, 0.717) is 12.2 Å². The number of hydrogen-bond acceptors (Lipinski definition) is 7. The second kappa shape index (κ2) is 8.36. The molecular weight excluding hydrogens is 418 g/mol. The third kappa shape index (κ3) is 4.20. The average molecular weight is 436 g/mol. The number of hydrogen-bond donors (Lipinski definition) is 0. The zero-order valence-electron chi connectivity index (χ0n) is 14.8. The Hall–Kier alpha value is -2.65. The molecule has 3 rings (SSSR count). The molecule has 1 aromatic heterocycles. The molecule has 0 spiro atoms. The smallest absolute Gasteiger partial charge is 0.355 e. The molecule has 8 nitrogen and oxygen atoms in total. The fraction of sp³-hybridized carbons (Fsp3) is 0.278. The number of benzene rings is 1. The van der Waals surface area contributed by atoms with Gasteiger partial charge in [0.15, 0.2) is 0 Å². The summed E-state index contributed by atoms with van der Waals surface area (Å²) in [7, 11) is 2.52. The Morgan fingerprint density at radius 2 is 2.04 bits per heavy atom.